The van der Waals surface area contributed by atoms with E-state index in [1.807, 2.05) is 17.7 Å². The molecule has 1 amide bonds. The van der Waals surface area contributed by atoms with E-state index >= 15 is 0 Å². The average molecular weight is 318 g/mol. The molecule has 2 N–H and O–H groups in total. The third kappa shape index (κ3) is 3.80. The fourth-order valence-corrected chi connectivity index (χ4v) is 2.54. The van der Waals surface area contributed by atoms with Gasteiger partial charge in [0.25, 0.3) is 5.91 Å². The summed E-state index contributed by atoms with van der Waals surface area (Å²) in [5.74, 6) is -0.655. The van der Waals surface area contributed by atoms with Crippen molar-refractivity contribution in [1.82, 2.24) is 19.9 Å². The van der Waals surface area contributed by atoms with Crippen LogP contribution in [0.15, 0.2) is 18.7 Å². The van der Waals surface area contributed by atoms with Crippen molar-refractivity contribution in [2.75, 3.05) is 6.61 Å². The molecule has 0 aliphatic heterocycles. The largest absolute Gasteiger partial charge is 0.462 e. The van der Waals surface area contributed by atoms with Gasteiger partial charge >= 0.3 is 5.97 Å². The predicted octanol–water partition coefficient (Wildman–Crippen LogP) is 1.82. The summed E-state index contributed by atoms with van der Waals surface area (Å²) in [6, 6.07) is -0.0780. The van der Waals surface area contributed by atoms with Gasteiger partial charge in [-0.3, -0.25) is 4.79 Å². The van der Waals surface area contributed by atoms with Crippen LogP contribution in [-0.4, -0.2) is 39.1 Å². The molecule has 0 saturated carbocycles. The molecular weight excluding hydrogens is 296 g/mol. The van der Waals surface area contributed by atoms with Gasteiger partial charge in [-0.25, -0.2) is 9.78 Å². The number of nitrogens with zero attached hydrogens (tertiary/aromatic N) is 2. The Balaban J connectivity index is 2.10. The lowest BCUT2D eigenvalue weighted by Crippen LogP contribution is -2.36. The molecule has 1 unspecified atom stereocenters. The quantitative estimate of drug-likeness (QED) is 0.795. The lowest BCUT2D eigenvalue weighted by Gasteiger charge is -2.14. The second-order valence-corrected chi connectivity index (χ2v) is 5.48. The molecule has 2 aromatic rings. The highest BCUT2D eigenvalue weighted by molar-refractivity contribution is 6.00. The van der Waals surface area contributed by atoms with Gasteiger partial charge < -0.3 is 19.6 Å². The molecule has 124 valence electrons. The number of nitrogens with one attached hydrogen (secondary N) is 2. The maximum absolute atomic E-state index is 12.4. The molecule has 0 fully saturated rings. The number of esters is 1. The molecule has 0 aromatic carbocycles. The first-order valence-electron chi connectivity index (χ1n) is 7.56. The summed E-state index contributed by atoms with van der Waals surface area (Å²) < 4.78 is 6.92. The molecule has 7 nitrogen and oxygen atoms in total. The second-order valence-electron chi connectivity index (χ2n) is 5.48. The summed E-state index contributed by atoms with van der Waals surface area (Å²) in [6.45, 7) is 8.08. The van der Waals surface area contributed by atoms with E-state index in [-0.39, 0.29) is 11.9 Å². The van der Waals surface area contributed by atoms with Crippen molar-refractivity contribution in [3.05, 3.63) is 41.2 Å². The zero-order valence-electron chi connectivity index (χ0n) is 13.8. The number of hydrogen-bond acceptors (Lipinski definition) is 4. The number of amides is 1. The lowest BCUT2D eigenvalue weighted by molar-refractivity contribution is 0.0525. The Kier molecular flexibility index (Phi) is 5.20. The Labute approximate surface area is 135 Å². The van der Waals surface area contributed by atoms with Gasteiger partial charge in [0.2, 0.25) is 0 Å². The van der Waals surface area contributed by atoms with Crippen LogP contribution in [0.25, 0.3) is 0 Å². The number of rotatable bonds is 6. The van der Waals surface area contributed by atoms with E-state index in [9.17, 15) is 9.59 Å². The van der Waals surface area contributed by atoms with E-state index in [0.29, 0.717) is 35.7 Å². The maximum atomic E-state index is 12.4. The van der Waals surface area contributed by atoms with Crippen molar-refractivity contribution in [3.63, 3.8) is 0 Å². The van der Waals surface area contributed by atoms with E-state index in [2.05, 4.69) is 15.3 Å². The van der Waals surface area contributed by atoms with Crippen LogP contribution in [0.5, 0.6) is 0 Å². The Bertz CT molecular complexity index is 688. The monoisotopic (exact) mass is 318 g/mol. The number of aromatic amines is 1. The number of ether oxygens (including phenoxy) is 1. The van der Waals surface area contributed by atoms with Gasteiger partial charge in [-0.05, 0) is 33.3 Å². The van der Waals surface area contributed by atoms with Gasteiger partial charge in [-0.15, -0.1) is 0 Å². The molecule has 0 aliphatic carbocycles. The Morgan fingerprint density at radius 1 is 1.43 bits per heavy atom. The number of H-pyrrole nitrogens is 1. The molecular formula is C16H22N4O3. The summed E-state index contributed by atoms with van der Waals surface area (Å²) in [4.78, 5) is 31.4. The van der Waals surface area contributed by atoms with Crippen LogP contribution in [-0.2, 0) is 11.3 Å². The fourth-order valence-electron chi connectivity index (χ4n) is 2.54. The number of aromatic nitrogens is 3. The smallest absolute Gasteiger partial charge is 0.340 e. The number of carbonyl (C=O) groups excluding carboxylic acids is 2. The minimum atomic E-state index is -0.413. The lowest BCUT2D eigenvalue weighted by atomic mass is 10.1. The summed E-state index contributed by atoms with van der Waals surface area (Å²) in [7, 11) is 0. The van der Waals surface area contributed by atoms with Gasteiger partial charge in [0.1, 0.15) is 5.69 Å². The van der Waals surface area contributed by atoms with Crippen LogP contribution in [0, 0.1) is 13.8 Å². The van der Waals surface area contributed by atoms with Crippen molar-refractivity contribution in [1.29, 1.82) is 0 Å². The molecule has 7 heteroatoms. The zero-order valence-corrected chi connectivity index (χ0v) is 13.8. The number of aryl methyl sites for hydroxylation is 1. The van der Waals surface area contributed by atoms with Crippen LogP contribution in [0.4, 0.5) is 0 Å². The van der Waals surface area contributed by atoms with Crippen molar-refractivity contribution < 1.29 is 14.3 Å². The minimum Gasteiger partial charge on any atom is -0.462 e. The highest BCUT2D eigenvalue weighted by Crippen LogP contribution is 2.19. The molecule has 0 radical (unpaired) electrons. The SMILES string of the molecule is CCOC(=O)c1c(C)[nH]c(C(=O)NC(C)Cn2ccnc2)c1C. The van der Waals surface area contributed by atoms with Crippen molar-refractivity contribution >= 4 is 11.9 Å². The molecule has 1 atom stereocenters. The van der Waals surface area contributed by atoms with E-state index in [4.69, 9.17) is 4.74 Å². The highest BCUT2D eigenvalue weighted by Gasteiger charge is 2.23. The molecule has 0 aliphatic rings. The Morgan fingerprint density at radius 2 is 2.17 bits per heavy atom. The summed E-state index contributed by atoms with van der Waals surface area (Å²) >= 11 is 0. The second kappa shape index (κ2) is 7.13. The number of imidazole rings is 1. The molecule has 0 bridgehead atoms. The first kappa shape index (κ1) is 16.8. The zero-order chi connectivity index (χ0) is 17.0. The van der Waals surface area contributed by atoms with Crippen LogP contribution >= 0.6 is 0 Å². The van der Waals surface area contributed by atoms with Crippen LogP contribution < -0.4 is 5.32 Å². The summed E-state index contributed by atoms with van der Waals surface area (Å²) in [6.07, 6.45) is 5.23. The van der Waals surface area contributed by atoms with Gasteiger partial charge in [0.15, 0.2) is 0 Å². The third-order valence-corrected chi connectivity index (χ3v) is 3.57. The minimum absolute atomic E-state index is 0.0780. The molecule has 23 heavy (non-hydrogen) atoms. The van der Waals surface area contributed by atoms with Crippen molar-refractivity contribution in [3.8, 4) is 0 Å². The molecule has 0 spiro atoms. The molecule has 2 heterocycles. The maximum Gasteiger partial charge on any atom is 0.340 e. The fraction of sp³-hybridized carbons (Fsp3) is 0.438. The Morgan fingerprint density at radius 3 is 2.78 bits per heavy atom. The molecule has 2 rings (SSSR count). The van der Waals surface area contributed by atoms with Gasteiger partial charge in [-0.2, -0.15) is 0 Å². The summed E-state index contributed by atoms with van der Waals surface area (Å²) in [5.41, 5.74) is 2.06. The van der Waals surface area contributed by atoms with E-state index in [1.54, 1.807) is 33.3 Å². The highest BCUT2D eigenvalue weighted by atomic mass is 16.5. The van der Waals surface area contributed by atoms with E-state index in [0.717, 1.165) is 0 Å². The molecule has 2 aromatic heterocycles. The van der Waals surface area contributed by atoms with Gasteiger partial charge in [-0.1, -0.05) is 0 Å². The predicted molar refractivity (Wildman–Crippen MR) is 85.4 cm³/mol. The Hall–Kier alpha value is -2.57. The topological polar surface area (TPSA) is 89.0 Å². The van der Waals surface area contributed by atoms with Crippen molar-refractivity contribution in [2.45, 2.75) is 40.3 Å². The number of carbonyl (C=O) groups is 2. The van der Waals surface area contributed by atoms with Crippen LogP contribution in [0.1, 0.15) is 46.0 Å². The summed E-state index contributed by atoms with van der Waals surface area (Å²) in [5, 5.41) is 2.92. The van der Waals surface area contributed by atoms with Crippen molar-refractivity contribution in [2.24, 2.45) is 0 Å². The van der Waals surface area contributed by atoms with E-state index in [1.165, 1.54) is 0 Å². The first-order chi connectivity index (χ1) is 10.9. The van der Waals surface area contributed by atoms with E-state index < -0.39 is 5.97 Å². The first-order valence-corrected chi connectivity index (χ1v) is 7.56. The standard InChI is InChI=1S/C16H22N4O3/c1-5-23-16(22)13-11(3)14(19-12(13)4)15(21)18-10(2)8-20-7-6-17-9-20/h6-7,9-10,19H,5,8H2,1-4H3,(H,18,21). The van der Waals surface area contributed by atoms with Crippen LogP contribution in [0.2, 0.25) is 0 Å². The third-order valence-electron chi connectivity index (χ3n) is 3.57. The normalized spacial score (nSPS) is 12.0. The van der Waals surface area contributed by atoms with Gasteiger partial charge in [0.05, 0.1) is 18.5 Å². The molecule has 0 saturated heterocycles. The number of hydrogen-bond donors (Lipinski definition) is 2. The van der Waals surface area contributed by atoms with Crippen LogP contribution in [0.3, 0.4) is 0 Å². The average Bonchev–Trinajstić information content (AvgIpc) is 3.07. The van der Waals surface area contributed by atoms with Gasteiger partial charge in [0, 0.05) is 30.7 Å².